The first-order valence-corrected chi connectivity index (χ1v) is 6.97. The molecule has 1 aliphatic carbocycles. The Morgan fingerprint density at radius 1 is 0.958 bits per heavy atom. The molecule has 0 bridgehead atoms. The van der Waals surface area contributed by atoms with Gasteiger partial charge in [-0.3, -0.25) is 14.4 Å². The summed E-state index contributed by atoms with van der Waals surface area (Å²) in [5.74, 6) is -3.25. The van der Waals surface area contributed by atoms with E-state index >= 15 is 0 Å². The number of benzene rings is 1. The van der Waals surface area contributed by atoms with E-state index in [2.05, 4.69) is 0 Å². The summed E-state index contributed by atoms with van der Waals surface area (Å²) in [5.41, 5.74) is -3.99. The van der Waals surface area contributed by atoms with Crippen LogP contribution in [0.4, 0.5) is 13.2 Å². The van der Waals surface area contributed by atoms with Crippen molar-refractivity contribution in [3.05, 3.63) is 35.4 Å². The summed E-state index contributed by atoms with van der Waals surface area (Å²) >= 11 is 0. The van der Waals surface area contributed by atoms with E-state index in [1.54, 1.807) is 0 Å². The molecule has 0 radical (unpaired) electrons. The minimum absolute atomic E-state index is 0.0506. The number of aliphatic carboxylic acids is 2. The Labute approximate surface area is 133 Å². The Kier molecular flexibility index (Phi) is 3.20. The van der Waals surface area contributed by atoms with Crippen LogP contribution < -0.4 is 0 Å². The third kappa shape index (κ3) is 2.07. The molecule has 1 aromatic carbocycles. The monoisotopic (exact) mass is 343 g/mol. The molecular formula is C15H12F3NO5. The molecule has 3 rings (SSSR count). The summed E-state index contributed by atoms with van der Waals surface area (Å²) in [4.78, 5) is 36.3. The van der Waals surface area contributed by atoms with Gasteiger partial charge in [-0.25, -0.2) is 0 Å². The zero-order valence-electron chi connectivity index (χ0n) is 12.1. The highest BCUT2D eigenvalue weighted by Crippen LogP contribution is 2.68. The highest BCUT2D eigenvalue weighted by atomic mass is 19.4. The zero-order valence-corrected chi connectivity index (χ0v) is 12.1. The molecular weight excluding hydrogens is 331 g/mol. The average Bonchev–Trinajstić information content (AvgIpc) is 3.05. The first-order valence-electron chi connectivity index (χ1n) is 6.97. The van der Waals surface area contributed by atoms with Crippen LogP contribution in [0.2, 0.25) is 0 Å². The van der Waals surface area contributed by atoms with Crippen LogP contribution in [-0.4, -0.2) is 46.0 Å². The van der Waals surface area contributed by atoms with Crippen molar-refractivity contribution >= 4 is 17.8 Å². The molecule has 1 saturated carbocycles. The van der Waals surface area contributed by atoms with Crippen molar-refractivity contribution in [3.8, 4) is 0 Å². The van der Waals surface area contributed by atoms with Gasteiger partial charge in [-0.05, 0) is 30.7 Å². The highest BCUT2D eigenvalue weighted by Gasteiger charge is 2.81. The summed E-state index contributed by atoms with van der Waals surface area (Å²) in [5, 5.41) is 18.6. The van der Waals surface area contributed by atoms with Gasteiger partial charge < -0.3 is 15.1 Å². The summed E-state index contributed by atoms with van der Waals surface area (Å²) in [6, 6.07) is 3.50. The van der Waals surface area contributed by atoms with Crippen LogP contribution in [0, 0.1) is 10.8 Å². The lowest BCUT2D eigenvalue weighted by molar-refractivity contribution is -0.151. The molecule has 24 heavy (non-hydrogen) atoms. The summed E-state index contributed by atoms with van der Waals surface area (Å²) < 4.78 is 37.6. The number of carboxylic acids is 2. The Bertz CT molecular complexity index is 716. The molecule has 1 amide bonds. The SMILES string of the molecule is O=C(c1ccc(C(F)(F)F)cc1)N1C[C@@]2(C(=O)O)C[C@@]2(C(=O)O)C1. The molecule has 1 aliphatic heterocycles. The number of halogens is 3. The number of carboxylic acid groups (broad SMARTS) is 2. The van der Waals surface area contributed by atoms with Crippen LogP contribution in [0.5, 0.6) is 0 Å². The predicted octanol–water partition coefficient (Wildman–Crippen LogP) is 1.71. The van der Waals surface area contributed by atoms with Crippen molar-refractivity contribution in [3.63, 3.8) is 0 Å². The minimum Gasteiger partial charge on any atom is -0.481 e. The van der Waals surface area contributed by atoms with Gasteiger partial charge in [0.25, 0.3) is 5.91 Å². The van der Waals surface area contributed by atoms with Crippen molar-refractivity contribution in [2.45, 2.75) is 12.6 Å². The fourth-order valence-electron chi connectivity index (χ4n) is 3.42. The van der Waals surface area contributed by atoms with Gasteiger partial charge in [0.2, 0.25) is 0 Å². The predicted molar refractivity (Wildman–Crippen MR) is 72.1 cm³/mol. The number of rotatable bonds is 3. The molecule has 1 saturated heterocycles. The molecule has 0 spiro atoms. The Balaban J connectivity index is 1.83. The Morgan fingerprint density at radius 2 is 1.42 bits per heavy atom. The number of hydrogen-bond acceptors (Lipinski definition) is 3. The number of alkyl halides is 3. The lowest BCUT2D eigenvalue weighted by atomic mass is 9.97. The van der Waals surface area contributed by atoms with Crippen molar-refractivity contribution in [1.29, 1.82) is 0 Å². The summed E-state index contributed by atoms with van der Waals surface area (Å²) in [6.07, 6.45) is -4.58. The molecule has 2 atom stereocenters. The number of hydrogen-bond donors (Lipinski definition) is 2. The van der Waals surface area contributed by atoms with Crippen molar-refractivity contribution < 1.29 is 37.8 Å². The van der Waals surface area contributed by atoms with Gasteiger partial charge in [-0.1, -0.05) is 0 Å². The standard InChI is InChI=1S/C15H12F3NO5/c16-15(17,18)9-3-1-8(2-4-9)10(20)19-6-13(11(21)22)5-14(13,7-19)12(23)24/h1-4H,5-7H2,(H,21,22)(H,23,24)/t13-,14+. The maximum absolute atomic E-state index is 12.5. The van der Waals surface area contributed by atoms with Crippen molar-refractivity contribution in [2.24, 2.45) is 10.8 Å². The fourth-order valence-corrected chi connectivity index (χ4v) is 3.42. The lowest BCUT2D eigenvalue weighted by Crippen LogP contribution is -2.34. The van der Waals surface area contributed by atoms with E-state index in [9.17, 15) is 37.8 Å². The van der Waals surface area contributed by atoms with Crippen LogP contribution in [-0.2, 0) is 15.8 Å². The second kappa shape index (κ2) is 4.71. The molecule has 2 N–H and O–H groups in total. The molecule has 1 heterocycles. The van der Waals surface area contributed by atoms with Gasteiger partial charge in [-0.2, -0.15) is 13.2 Å². The molecule has 2 aliphatic rings. The third-order valence-electron chi connectivity index (χ3n) is 4.88. The van der Waals surface area contributed by atoms with E-state index in [1.807, 2.05) is 0 Å². The van der Waals surface area contributed by atoms with Crippen molar-refractivity contribution in [1.82, 2.24) is 4.90 Å². The van der Waals surface area contributed by atoms with Gasteiger partial charge >= 0.3 is 18.1 Å². The van der Waals surface area contributed by atoms with Crippen molar-refractivity contribution in [2.75, 3.05) is 13.1 Å². The number of carbonyl (C=O) groups is 3. The molecule has 0 unspecified atom stereocenters. The van der Waals surface area contributed by atoms with E-state index in [0.717, 1.165) is 29.2 Å². The maximum atomic E-state index is 12.5. The first kappa shape index (κ1) is 16.3. The smallest absolute Gasteiger partial charge is 0.416 e. The van der Waals surface area contributed by atoms with Crippen LogP contribution in [0.3, 0.4) is 0 Å². The number of piperidine rings is 1. The minimum atomic E-state index is -4.53. The molecule has 128 valence electrons. The zero-order chi connectivity index (χ0) is 17.9. The van der Waals surface area contributed by atoms with Gasteiger partial charge in [-0.15, -0.1) is 0 Å². The topological polar surface area (TPSA) is 94.9 Å². The molecule has 9 heteroatoms. The number of fused-ring (bicyclic) bond motifs is 1. The number of amides is 1. The van der Waals surface area contributed by atoms with E-state index in [4.69, 9.17) is 0 Å². The molecule has 1 aromatic rings. The number of carbonyl (C=O) groups excluding carboxylic acids is 1. The van der Waals surface area contributed by atoms with Crippen LogP contribution >= 0.6 is 0 Å². The van der Waals surface area contributed by atoms with Gasteiger partial charge in [0, 0.05) is 18.7 Å². The largest absolute Gasteiger partial charge is 0.481 e. The van der Waals surface area contributed by atoms with Gasteiger partial charge in [0.05, 0.1) is 5.56 Å². The van der Waals surface area contributed by atoms with E-state index in [1.165, 1.54) is 0 Å². The van der Waals surface area contributed by atoms with Gasteiger partial charge in [0.15, 0.2) is 0 Å². The normalized spacial score (nSPS) is 28.4. The van der Waals surface area contributed by atoms with E-state index in [-0.39, 0.29) is 25.1 Å². The number of nitrogens with zero attached hydrogens (tertiary/aromatic N) is 1. The summed E-state index contributed by atoms with van der Waals surface area (Å²) in [6.45, 7) is -0.539. The second-order valence-electron chi connectivity index (χ2n) is 6.19. The second-order valence-corrected chi connectivity index (χ2v) is 6.19. The quantitative estimate of drug-likeness (QED) is 0.871. The first-order chi connectivity index (χ1) is 11.0. The van der Waals surface area contributed by atoms with Crippen LogP contribution in [0.1, 0.15) is 22.3 Å². The van der Waals surface area contributed by atoms with Gasteiger partial charge in [0.1, 0.15) is 10.8 Å². The highest BCUT2D eigenvalue weighted by molar-refractivity contribution is 5.99. The maximum Gasteiger partial charge on any atom is 0.416 e. The third-order valence-corrected chi connectivity index (χ3v) is 4.88. The lowest BCUT2D eigenvalue weighted by Gasteiger charge is -2.20. The van der Waals surface area contributed by atoms with E-state index in [0.29, 0.717) is 0 Å². The number of likely N-dealkylation sites (tertiary alicyclic amines) is 1. The molecule has 2 fully saturated rings. The van der Waals surface area contributed by atoms with E-state index < -0.39 is 40.4 Å². The Morgan fingerprint density at radius 3 is 1.79 bits per heavy atom. The molecule has 6 nitrogen and oxygen atoms in total. The molecule has 0 aromatic heterocycles. The fraction of sp³-hybridized carbons (Fsp3) is 0.400. The van der Waals surface area contributed by atoms with Crippen LogP contribution in [0.25, 0.3) is 0 Å². The Hall–Kier alpha value is -2.58. The average molecular weight is 343 g/mol. The van der Waals surface area contributed by atoms with Crippen LogP contribution in [0.15, 0.2) is 24.3 Å². The summed E-state index contributed by atoms with van der Waals surface area (Å²) in [7, 11) is 0.